The van der Waals surface area contributed by atoms with E-state index in [9.17, 15) is 26.3 Å². The number of aromatic nitrogens is 4. The molecule has 26 heavy (non-hydrogen) atoms. The summed E-state index contributed by atoms with van der Waals surface area (Å²) in [5, 5.41) is 3.58. The van der Waals surface area contributed by atoms with Gasteiger partial charge in [-0.25, -0.2) is 4.98 Å². The fourth-order valence-corrected chi connectivity index (χ4v) is 3.28. The molecule has 0 saturated heterocycles. The third kappa shape index (κ3) is 3.72. The normalized spacial score (nSPS) is 12.8. The van der Waals surface area contributed by atoms with Gasteiger partial charge in [0.15, 0.2) is 5.69 Å². The van der Waals surface area contributed by atoms with Gasteiger partial charge in [0.1, 0.15) is 20.9 Å². The third-order valence-electron chi connectivity index (χ3n) is 3.32. The number of rotatable bonds is 2. The second-order valence-corrected chi connectivity index (χ2v) is 6.56. The number of hydrogen-bond acceptors (Lipinski definition) is 3. The molecule has 0 amide bonds. The summed E-state index contributed by atoms with van der Waals surface area (Å²) >= 11 is 7.53. The zero-order valence-electron chi connectivity index (χ0n) is 12.3. The fourth-order valence-electron chi connectivity index (χ4n) is 2.45. The molecule has 0 aliphatic heterocycles. The van der Waals surface area contributed by atoms with Crippen LogP contribution in [0.15, 0.2) is 24.4 Å². The highest BCUT2D eigenvalue weighted by atomic mass is 127. The lowest BCUT2D eigenvalue weighted by molar-refractivity contribution is -0.142. The monoisotopic (exact) mass is 506 g/mol. The molecule has 4 nitrogen and oxygen atoms in total. The Labute approximate surface area is 160 Å². The van der Waals surface area contributed by atoms with Gasteiger partial charge < -0.3 is 0 Å². The van der Waals surface area contributed by atoms with Crippen molar-refractivity contribution in [1.29, 1.82) is 0 Å². The van der Waals surface area contributed by atoms with Crippen molar-refractivity contribution < 1.29 is 26.3 Å². The molecule has 0 bridgehead atoms. The van der Waals surface area contributed by atoms with Crippen LogP contribution in [0.5, 0.6) is 0 Å². The number of pyridine rings is 2. The molecule has 0 radical (unpaired) electrons. The van der Waals surface area contributed by atoms with Crippen molar-refractivity contribution in [1.82, 2.24) is 19.7 Å². The average Bonchev–Trinajstić information content (AvgIpc) is 2.80. The molecule has 0 N–H and O–H groups in total. The van der Waals surface area contributed by atoms with Crippen LogP contribution >= 0.6 is 34.2 Å². The lowest BCUT2D eigenvalue weighted by Crippen LogP contribution is -2.19. The summed E-state index contributed by atoms with van der Waals surface area (Å²) in [6.07, 6.45) is -8.48. The van der Waals surface area contributed by atoms with Gasteiger partial charge in [0.2, 0.25) is 0 Å². The number of nitrogens with zero attached hydrogens (tertiary/aromatic N) is 4. The molecule has 3 aromatic rings. The highest BCUT2D eigenvalue weighted by molar-refractivity contribution is 14.1. The van der Waals surface area contributed by atoms with E-state index in [1.54, 1.807) is 22.6 Å². The number of alkyl halides is 6. The van der Waals surface area contributed by atoms with Gasteiger partial charge >= 0.3 is 12.4 Å². The van der Waals surface area contributed by atoms with Crippen LogP contribution in [0.25, 0.3) is 22.2 Å². The van der Waals surface area contributed by atoms with Crippen LogP contribution in [0, 0.1) is 3.70 Å². The van der Waals surface area contributed by atoms with Gasteiger partial charge in [-0.15, -0.1) is 0 Å². The Morgan fingerprint density at radius 1 is 1.12 bits per heavy atom. The van der Waals surface area contributed by atoms with E-state index in [-0.39, 0.29) is 25.5 Å². The molecule has 138 valence electrons. The number of fused-ring (bicyclic) bond motifs is 1. The molecule has 3 rings (SSSR count). The Bertz CT molecular complexity index is 982. The van der Waals surface area contributed by atoms with E-state index in [0.717, 1.165) is 18.3 Å². The first kappa shape index (κ1) is 19.1. The summed E-state index contributed by atoms with van der Waals surface area (Å²) in [6, 6.07) is 3.43. The summed E-state index contributed by atoms with van der Waals surface area (Å²) in [5.74, 6) is 0. The Morgan fingerprint density at radius 3 is 2.42 bits per heavy atom. The van der Waals surface area contributed by atoms with E-state index < -0.39 is 30.2 Å². The van der Waals surface area contributed by atoms with Crippen LogP contribution in [0.1, 0.15) is 5.69 Å². The molecule has 0 aromatic carbocycles. The zero-order chi connectivity index (χ0) is 19.3. The van der Waals surface area contributed by atoms with Gasteiger partial charge in [-0.2, -0.15) is 31.4 Å². The SMILES string of the molecule is FC(F)(F)Cn1nc(I)c2nc(Cl)cc(-c3cccnc3C(F)(F)F)c21. The van der Waals surface area contributed by atoms with Crippen molar-refractivity contribution in [2.24, 2.45) is 0 Å². The van der Waals surface area contributed by atoms with Crippen molar-refractivity contribution in [3.8, 4) is 11.1 Å². The van der Waals surface area contributed by atoms with Crippen molar-refractivity contribution >= 4 is 45.2 Å². The van der Waals surface area contributed by atoms with E-state index in [4.69, 9.17) is 11.6 Å². The van der Waals surface area contributed by atoms with Crippen LogP contribution < -0.4 is 0 Å². The third-order valence-corrected chi connectivity index (χ3v) is 4.24. The standard InChI is InChI=1S/C14H6ClF6IN4/c15-8-4-7(6-2-1-3-23-11(6)14(19,20)21)10-9(24-8)12(22)25-26(10)5-13(16,17)18/h1-4H,5H2. The molecule has 0 aliphatic carbocycles. The van der Waals surface area contributed by atoms with Crippen LogP contribution in [0.4, 0.5) is 26.3 Å². The van der Waals surface area contributed by atoms with Crippen molar-refractivity contribution in [2.75, 3.05) is 0 Å². The van der Waals surface area contributed by atoms with E-state index in [1.165, 1.54) is 6.07 Å². The van der Waals surface area contributed by atoms with E-state index in [2.05, 4.69) is 15.1 Å². The first-order valence-electron chi connectivity index (χ1n) is 6.79. The van der Waals surface area contributed by atoms with Gasteiger partial charge in [0.25, 0.3) is 0 Å². The molecular weight excluding hydrogens is 501 g/mol. The fraction of sp³-hybridized carbons (Fsp3) is 0.214. The molecule has 12 heteroatoms. The van der Waals surface area contributed by atoms with Gasteiger partial charge in [0.05, 0.1) is 5.52 Å². The Kier molecular flexibility index (Phi) is 4.80. The van der Waals surface area contributed by atoms with Crippen LogP contribution in [0.2, 0.25) is 5.15 Å². The van der Waals surface area contributed by atoms with Gasteiger partial charge in [-0.05, 0) is 34.7 Å². The van der Waals surface area contributed by atoms with Crippen molar-refractivity contribution in [3.63, 3.8) is 0 Å². The molecule has 0 fully saturated rings. The van der Waals surface area contributed by atoms with Crippen LogP contribution in [-0.2, 0) is 12.7 Å². The van der Waals surface area contributed by atoms with Gasteiger partial charge in [0, 0.05) is 17.3 Å². The smallest absolute Gasteiger partial charge is 0.252 e. The Morgan fingerprint density at radius 2 is 1.81 bits per heavy atom. The average molecular weight is 507 g/mol. The molecular formula is C14H6ClF6IN4. The quantitative estimate of drug-likeness (QED) is 0.268. The number of hydrogen-bond donors (Lipinski definition) is 0. The molecule has 0 aliphatic rings. The highest BCUT2D eigenvalue weighted by Gasteiger charge is 2.37. The lowest BCUT2D eigenvalue weighted by atomic mass is 10.0. The van der Waals surface area contributed by atoms with Crippen LogP contribution in [0.3, 0.4) is 0 Å². The minimum Gasteiger partial charge on any atom is -0.252 e. The molecule has 3 aromatic heterocycles. The molecule has 0 atom stereocenters. The summed E-state index contributed by atoms with van der Waals surface area (Å²) < 4.78 is 79.1. The largest absolute Gasteiger partial charge is 0.433 e. The topological polar surface area (TPSA) is 43.6 Å². The van der Waals surface area contributed by atoms with E-state index >= 15 is 0 Å². The molecule has 3 heterocycles. The summed E-state index contributed by atoms with van der Waals surface area (Å²) in [6.45, 7) is -1.48. The van der Waals surface area contributed by atoms with Gasteiger partial charge in [-0.1, -0.05) is 17.7 Å². The van der Waals surface area contributed by atoms with Crippen LogP contribution in [-0.4, -0.2) is 25.9 Å². The van der Waals surface area contributed by atoms with Crippen molar-refractivity contribution in [2.45, 2.75) is 18.9 Å². The highest BCUT2D eigenvalue weighted by Crippen LogP contribution is 2.39. The first-order valence-corrected chi connectivity index (χ1v) is 8.25. The summed E-state index contributed by atoms with van der Waals surface area (Å²) in [4.78, 5) is 7.24. The van der Waals surface area contributed by atoms with E-state index in [0.29, 0.717) is 4.68 Å². The summed E-state index contributed by atoms with van der Waals surface area (Å²) in [7, 11) is 0. The second kappa shape index (κ2) is 6.51. The van der Waals surface area contributed by atoms with Crippen molar-refractivity contribution in [3.05, 3.63) is 38.9 Å². The second-order valence-electron chi connectivity index (χ2n) is 5.15. The Hall–Kier alpha value is -1.63. The lowest BCUT2D eigenvalue weighted by Gasteiger charge is -2.14. The minimum atomic E-state index is -4.80. The molecule has 0 unspecified atom stereocenters. The predicted octanol–water partition coefficient (Wildman–Crippen LogP) is 5.33. The summed E-state index contributed by atoms with van der Waals surface area (Å²) in [5.41, 5.74) is -2.04. The Balaban J connectivity index is 2.37. The maximum absolute atomic E-state index is 13.3. The minimum absolute atomic E-state index is 0.0191. The maximum atomic E-state index is 13.3. The zero-order valence-corrected chi connectivity index (χ0v) is 15.2. The maximum Gasteiger partial charge on any atom is 0.433 e. The first-order chi connectivity index (χ1) is 12.0. The van der Waals surface area contributed by atoms with E-state index in [1.807, 2.05) is 0 Å². The van der Waals surface area contributed by atoms with Gasteiger partial charge in [-0.3, -0.25) is 9.67 Å². The number of halogens is 8. The predicted molar refractivity (Wildman–Crippen MR) is 89.5 cm³/mol. The molecule has 0 saturated carbocycles. The molecule has 0 spiro atoms.